The summed E-state index contributed by atoms with van der Waals surface area (Å²) in [6, 6.07) is 15.2. The lowest BCUT2D eigenvalue weighted by atomic mass is 9.74. The van der Waals surface area contributed by atoms with Crippen LogP contribution < -0.4 is 4.74 Å². The first-order valence-electron chi connectivity index (χ1n) is 9.83. The van der Waals surface area contributed by atoms with Gasteiger partial charge in [-0.2, -0.15) is 0 Å². The molecule has 0 bridgehead atoms. The van der Waals surface area contributed by atoms with Gasteiger partial charge >= 0.3 is 5.97 Å². The van der Waals surface area contributed by atoms with Crippen LogP contribution in [0.25, 0.3) is 0 Å². The van der Waals surface area contributed by atoms with Gasteiger partial charge in [0.05, 0.1) is 5.56 Å². The van der Waals surface area contributed by atoms with Gasteiger partial charge in [0, 0.05) is 17.0 Å². The Labute approximate surface area is 189 Å². The number of rotatable bonds is 7. The van der Waals surface area contributed by atoms with Gasteiger partial charge in [-0.1, -0.05) is 64.6 Å². The molecule has 3 rings (SSSR count). The van der Waals surface area contributed by atoms with Gasteiger partial charge in [0.2, 0.25) is 0 Å². The highest BCUT2D eigenvalue weighted by Gasteiger charge is 2.27. The number of carboxylic acids is 1. The second kappa shape index (κ2) is 9.92. The molecule has 0 fully saturated rings. The number of ether oxygens (including phenoxy) is 1. The maximum absolute atomic E-state index is 11.2. The maximum Gasteiger partial charge on any atom is 0.335 e. The summed E-state index contributed by atoms with van der Waals surface area (Å²) in [5, 5.41) is 12.1. The zero-order valence-corrected chi connectivity index (χ0v) is 18.6. The number of nitrogens with zero attached hydrogens (tertiary/aromatic N) is 1. The Morgan fingerprint density at radius 3 is 2.06 bits per heavy atom. The van der Waals surface area contributed by atoms with Gasteiger partial charge in [0.25, 0.3) is 0 Å². The Morgan fingerprint density at radius 1 is 1.00 bits per heavy atom. The minimum Gasteiger partial charge on any atom is -0.486 e. The molecule has 1 atom stereocenters. The lowest BCUT2D eigenvalue weighted by Gasteiger charge is -2.29. The summed E-state index contributed by atoms with van der Waals surface area (Å²) in [5.41, 5.74) is 2.04. The van der Waals surface area contributed by atoms with Gasteiger partial charge in [0.15, 0.2) is 0 Å². The van der Waals surface area contributed by atoms with Gasteiger partial charge in [-0.3, -0.25) is 0 Å². The fourth-order valence-electron chi connectivity index (χ4n) is 3.10. The van der Waals surface area contributed by atoms with Crippen LogP contribution >= 0.6 is 11.3 Å². The monoisotopic (exact) mass is 437 g/mol. The molecule has 0 radical (unpaired) electrons. The zero-order chi connectivity index (χ0) is 21.8. The van der Waals surface area contributed by atoms with Crippen molar-refractivity contribution >= 4 is 17.3 Å². The average Bonchev–Trinajstić information content (AvgIpc) is 3.24. The standard InChI is InChI=1S/C25H27NO3S.CH4/c1-24(2,3)13-14-25(4,19-7-5-18(6-8-19)23(27)28)20-9-11-21(12-10-20)29-17-22-26-15-16-30-22;/h5-16H,17H2,1-4H3,(H,27,28);1H4. The molecule has 31 heavy (non-hydrogen) atoms. The Balaban J connectivity index is 0.00000341. The van der Waals surface area contributed by atoms with Crippen molar-refractivity contribution in [2.75, 3.05) is 0 Å². The van der Waals surface area contributed by atoms with E-state index in [1.165, 1.54) is 0 Å². The van der Waals surface area contributed by atoms with Crippen LogP contribution in [0.1, 0.15) is 61.6 Å². The molecule has 0 aliphatic heterocycles. The maximum atomic E-state index is 11.2. The Hall–Kier alpha value is -2.92. The molecule has 0 aliphatic carbocycles. The van der Waals surface area contributed by atoms with Gasteiger partial charge in [-0.15, -0.1) is 11.3 Å². The molecule has 0 amide bonds. The van der Waals surface area contributed by atoms with E-state index >= 15 is 0 Å². The minimum atomic E-state index is -0.921. The molecule has 0 aliphatic rings. The number of thiazole rings is 1. The highest BCUT2D eigenvalue weighted by Crippen LogP contribution is 2.36. The molecule has 1 aromatic heterocycles. The first-order chi connectivity index (χ1) is 14.2. The van der Waals surface area contributed by atoms with Crippen molar-refractivity contribution in [3.05, 3.63) is 94.0 Å². The van der Waals surface area contributed by atoms with Crippen LogP contribution in [-0.4, -0.2) is 16.1 Å². The number of hydrogen-bond acceptors (Lipinski definition) is 4. The van der Waals surface area contributed by atoms with Gasteiger partial charge in [-0.05, 0) is 47.7 Å². The Kier molecular flexibility index (Phi) is 7.80. The van der Waals surface area contributed by atoms with Crippen LogP contribution in [0.5, 0.6) is 5.75 Å². The Bertz CT molecular complexity index is 1000. The van der Waals surface area contributed by atoms with Crippen LogP contribution in [0.2, 0.25) is 0 Å². The molecular weight excluding hydrogens is 406 g/mol. The molecule has 1 heterocycles. The zero-order valence-electron chi connectivity index (χ0n) is 17.8. The number of carboxylic acid groups (broad SMARTS) is 1. The quantitative estimate of drug-likeness (QED) is 0.406. The van der Waals surface area contributed by atoms with Gasteiger partial charge in [0.1, 0.15) is 17.4 Å². The van der Waals surface area contributed by atoms with E-state index in [0.717, 1.165) is 21.9 Å². The molecule has 1 N–H and O–H groups in total. The highest BCUT2D eigenvalue weighted by molar-refractivity contribution is 7.09. The van der Waals surface area contributed by atoms with Crippen LogP contribution in [0, 0.1) is 5.41 Å². The van der Waals surface area contributed by atoms with E-state index < -0.39 is 11.4 Å². The van der Waals surface area contributed by atoms with E-state index in [1.807, 2.05) is 29.6 Å². The summed E-state index contributed by atoms with van der Waals surface area (Å²) in [5.74, 6) is -0.132. The number of carbonyl (C=O) groups is 1. The van der Waals surface area contributed by atoms with Crippen molar-refractivity contribution in [1.82, 2.24) is 4.98 Å². The van der Waals surface area contributed by atoms with Crippen LogP contribution in [0.15, 0.2) is 72.3 Å². The van der Waals surface area contributed by atoms with E-state index in [-0.39, 0.29) is 18.4 Å². The summed E-state index contributed by atoms with van der Waals surface area (Å²) in [7, 11) is 0. The highest BCUT2D eigenvalue weighted by atomic mass is 32.1. The second-order valence-electron chi connectivity index (χ2n) is 8.52. The fourth-order valence-corrected chi connectivity index (χ4v) is 3.63. The third-order valence-corrected chi connectivity index (χ3v) is 5.70. The van der Waals surface area contributed by atoms with Gasteiger partial charge in [-0.25, -0.2) is 9.78 Å². The molecule has 0 saturated heterocycles. The van der Waals surface area contributed by atoms with Crippen LogP contribution in [-0.2, 0) is 12.0 Å². The summed E-state index contributed by atoms with van der Waals surface area (Å²) in [4.78, 5) is 15.5. The van der Waals surface area contributed by atoms with Crippen molar-refractivity contribution < 1.29 is 14.6 Å². The number of aromatic nitrogens is 1. The third-order valence-electron chi connectivity index (χ3n) is 4.95. The number of allylic oxidation sites excluding steroid dienone is 2. The number of aromatic carboxylic acids is 1. The normalized spacial score (nSPS) is 13.4. The first-order valence-corrected chi connectivity index (χ1v) is 10.7. The molecule has 5 heteroatoms. The fraction of sp³-hybridized carbons (Fsp3) is 0.308. The van der Waals surface area contributed by atoms with Crippen molar-refractivity contribution in [1.29, 1.82) is 0 Å². The minimum absolute atomic E-state index is 0. The Morgan fingerprint density at radius 2 is 1.58 bits per heavy atom. The van der Waals surface area contributed by atoms with E-state index in [0.29, 0.717) is 6.61 Å². The molecule has 0 saturated carbocycles. The van der Waals surface area contributed by atoms with Gasteiger partial charge < -0.3 is 9.84 Å². The molecule has 164 valence electrons. The second-order valence-corrected chi connectivity index (χ2v) is 9.50. The molecule has 1 unspecified atom stereocenters. The van der Waals surface area contributed by atoms with Crippen molar-refractivity contribution in [2.24, 2.45) is 5.41 Å². The van der Waals surface area contributed by atoms with E-state index in [9.17, 15) is 9.90 Å². The number of hydrogen-bond donors (Lipinski definition) is 1. The summed E-state index contributed by atoms with van der Waals surface area (Å²) in [6.07, 6.45) is 6.17. The average molecular weight is 438 g/mol. The molecule has 4 nitrogen and oxygen atoms in total. The predicted molar refractivity (Wildman–Crippen MR) is 128 cm³/mol. The molecular formula is C26H31NO3S. The largest absolute Gasteiger partial charge is 0.486 e. The first kappa shape index (κ1) is 24.4. The van der Waals surface area contributed by atoms with Crippen LogP contribution in [0.3, 0.4) is 0 Å². The summed E-state index contributed by atoms with van der Waals surface area (Å²) >= 11 is 1.57. The lowest BCUT2D eigenvalue weighted by Crippen LogP contribution is -2.22. The third kappa shape index (κ3) is 6.28. The predicted octanol–water partition coefficient (Wildman–Crippen LogP) is 6.96. The molecule has 2 aromatic carbocycles. The molecule has 3 aromatic rings. The summed E-state index contributed by atoms with van der Waals surface area (Å²) in [6.45, 7) is 9.08. The van der Waals surface area contributed by atoms with E-state index in [4.69, 9.17) is 4.74 Å². The summed E-state index contributed by atoms with van der Waals surface area (Å²) < 4.78 is 5.84. The van der Waals surface area contributed by atoms with Crippen molar-refractivity contribution in [2.45, 2.75) is 47.1 Å². The van der Waals surface area contributed by atoms with Crippen molar-refractivity contribution in [3.63, 3.8) is 0 Å². The topological polar surface area (TPSA) is 59.4 Å². The van der Waals surface area contributed by atoms with E-state index in [1.54, 1.807) is 29.7 Å². The van der Waals surface area contributed by atoms with Crippen molar-refractivity contribution in [3.8, 4) is 5.75 Å². The SMILES string of the molecule is C.CC(C)(C)C=CC(C)(c1ccc(OCc2nccs2)cc1)c1ccc(C(=O)O)cc1. The molecule has 0 spiro atoms. The van der Waals surface area contributed by atoms with E-state index in [2.05, 4.69) is 57.0 Å². The number of benzene rings is 2. The smallest absolute Gasteiger partial charge is 0.335 e. The lowest BCUT2D eigenvalue weighted by molar-refractivity contribution is 0.0697. The van der Waals surface area contributed by atoms with Crippen LogP contribution in [0.4, 0.5) is 0 Å².